The van der Waals surface area contributed by atoms with Crippen molar-refractivity contribution in [1.82, 2.24) is 10.6 Å². The molecule has 1 heterocycles. The van der Waals surface area contributed by atoms with Gasteiger partial charge in [0.05, 0.1) is 19.4 Å². The van der Waals surface area contributed by atoms with Gasteiger partial charge in [0.15, 0.2) is 5.11 Å². The van der Waals surface area contributed by atoms with E-state index < -0.39 is 0 Å². The number of fused-ring (bicyclic) bond motifs is 1. The van der Waals surface area contributed by atoms with Crippen molar-refractivity contribution < 1.29 is 9.15 Å². The van der Waals surface area contributed by atoms with Crippen LogP contribution in [0.15, 0.2) is 65.3 Å². The van der Waals surface area contributed by atoms with Crippen LogP contribution in [0.3, 0.4) is 0 Å². The number of thiocarbonyl (C=S) groups is 1. The minimum atomic E-state index is 0.543. The molecule has 2 N–H and O–H groups in total. The molecule has 0 aliphatic heterocycles. The number of benzene rings is 2. The largest absolute Gasteiger partial charge is 0.492 e. The summed E-state index contributed by atoms with van der Waals surface area (Å²) in [7, 11) is 0. The average molecular weight is 326 g/mol. The highest BCUT2D eigenvalue weighted by atomic mass is 32.1. The van der Waals surface area contributed by atoms with E-state index in [1.54, 1.807) is 6.26 Å². The van der Waals surface area contributed by atoms with Crippen LogP contribution in [0.1, 0.15) is 5.76 Å². The maximum Gasteiger partial charge on any atom is 0.166 e. The molecular weight excluding hydrogens is 308 g/mol. The van der Waals surface area contributed by atoms with Crippen LogP contribution in [0.2, 0.25) is 0 Å². The van der Waals surface area contributed by atoms with Gasteiger partial charge in [-0.25, -0.2) is 0 Å². The highest BCUT2D eigenvalue weighted by Gasteiger charge is 2.00. The molecular formula is C18H18N2O2S. The van der Waals surface area contributed by atoms with Crippen molar-refractivity contribution >= 4 is 28.1 Å². The van der Waals surface area contributed by atoms with Gasteiger partial charge in [-0.05, 0) is 47.3 Å². The highest BCUT2D eigenvalue weighted by Crippen LogP contribution is 2.20. The lowest BCUT2D eigenvalue weighted by molar-refractivity contribution is 0.322. The monoisotopic (exact) mass is 326 g/mol. The molecule has 0 aliphatic rings. The van der Waals surface area contributed by atoms with E-state index in [9.17, 15) is 0 Å². The van der Waals surface area contributed by atoms with E-state index in [1.807, 2.05) is 36.4 Å². The van der Waals surface area contributed by atoms with Crippen molar-refractivity contribution in [1.29, 1.82) is 0 Å². The lowest BCUT2D eigenvalue weighted by Crippen LogP contribution is -2.36. The van der Waals surface area contributed by atoms with Crippen LogP contribution in [0.25, 0.3) is 10.8 Å². The molecule has 1 aromatic heterocycles. The Kier molecular flexibility index (Phi) is 5.11. The van der Waals surface area contributed by atoms with Gasteiger partial charge in [-0.1, -0.05) is 30.3 Å². The predicted octanol–water partition coefficient (Wildman–Crippen LogP) is 3.48. The van der Waals surface area contributed by atoms with E-state index in [0.717, 1.165) is 11.5 Å². The third-order valence-electron chi connectivity index (χ3n) is 3.38. The highest BCUT2D eigenvalue weighted by molar-refractivity contribution is 7.80. The zero-order chi connectivity index (χ0) is 15.9. The van der Waals surface area contributed by atoms with Gasteiger partial charge in [-0.15, -0.1) is 0 Å². The number of ether oxygens (including phenoxy) is 1. The third-order valence-corrected chi connectivity index (χ3v) is 3.67. The summed E-state index contributed by atoms with van der Waals surface area (Å²) in [6.45, 7) is 1.75. The summed E-state index contributed by atoms with van der Waals surface area (Å²) in [5.74, 6) is 1.71. The Morgan fingerprint density at radius 2 is 1.87 bits per heavy atom. The van der Waals surface area contributed by atoms with E-state index in [-0.39, 0.29) is 0 Å². The fourth-order valence-corrected chi connectivity index (χ4v) is 2.41. The van der Waals surface area contributed by atoms with Gasteiger partial charge in [0.2, 0.25) is 0 Å². The molecule has 2 aromatic carbocycles. The molecule has 0 radical (unpaired) electrons. The summed E-state index contributed by atoms with van der Waals surface area (Å²) in [6.07, 6.45) is 1.64. The molecule has 0 atom stereocenters. The summed E-state index contributed by atoms with van der Waals surface area (Å²) < 4.78 is 11.0. The van der Waals surface area contributed by atoms with Crippen LogP contribution in [0, 0.1) is 0 Å². The Morgan fingerprint density at radius 1 is 1.00 bits per heavy atom. The average Bonchev–Trinajstić information content (AvgIpc) is 3.10. The SMILES string of the molecule is S=C(NCCOc1ccc2ccccc2c1)NCc1ccco1. The van der Waals surface area contributed by atoms with Gasteiger partial charge in [0, 0.05) is 0 Å². The molecule has 0 bridgehead atoms. The molecule has 3 rings (SSSR count). The molecule has 3 aromatic rings. The van der Waals surface area contributed by atoms with Crippen LogP contribution < -0.4 is 15.4 Å². The van der Waals surface area contributed by atoms with Gasteiger partial charge in [-0.3, -0.25) is 0 Å². The van der Waals surface area contributed by atoms with Crippen molar-refractivity contribution in [2.24, 2.45) is 0 Å². The Hall–Kier alpha value is -2.53. The van der Waals surface area contributed by atoms with E-state index >= 15 is 0 Å². The molecule has 0 unspecified atom stereocenters. The Morgan fingerprint density at radius 3 is 2.70 bits per heavy atom. The molecule has 4 nitrogen and oxygen atoms in total. The van der Waals surface area contributed by atoms with Gasteiger partial charge >= 0.3 is 0 Å². The quantitative estimate of drug-likeness (QED) is 0.536. The van der Waals surface area contributed by atoms with Crippen molar-refractivity contribution in [3.05, 3.63) is 66.6 Å². The zero-order valence-electron chi connectivity index (χ0n) is 12.6. The first-order chi connectivity index (χ1) is 11.3. The van der Waals surface area contributed by atoms with Crippen molar-refractivity contribution in [3.8, 4) is 5.75 Å². The Bertz CT molecular complexity index is 772. The fourth-order valence-electron chi connectivity index (χ4n) is 2.23. The van der Waals surface area contributed by atoms with Gasteiger partial charge in [-0.2, -0.15) is 0 Å². The van der Waals surface area contributed by atoms with Gasteiger partial charge < -0.3 is 19.8 Å². The molecule has 0 amide bonds. The summed E-state index contributed by atoms with van der Waals surface area (Å²) in [5, 5.41) is 9.16. The van der Waals surface area contributed by atoms with Crippen LogP contribution in [-0.4, -0.2) is 18.3 Å². The molecule has 0 aliphatic carbocycles. The number of nitrogens with one attached hydrogen (secondary N) is 2. The second-order valence-corrected chi connectivity index (χ2v) is 5.45. The Balaban J connectivity index is 1.39. The number of rotatable bonds is 6. The molecule has 0 spiro atoms. The van der Waals surface area contributed by atoms with Crippen molar-refractivity contribution in [2.45, 2.75) is 6.54 Å². The van der Waals surface area contributed by atoms with Crippen molar-refractivity contribution in [2.75, 3.05) is 13.2 Å². The normalized spacial score (nSPS) is 10.4. The van der Waals surface area contributed by atoms with Crippen molar-refractivity contribution in [3.63, 3.8) is 0 Å². The van der Waals surface area contributed by atoms with Gasteiger partial charge in [0.25, 0.3) is 0 Å². The zero-order valence-corrected chi connectivity index (χ0v) is 13.4. The second-order valence-electron chi connectivity index (χ2n) is 5.05. The minimum absolute atomic E-state index is 0.543. The lowest BCUT2D eigenvalue weighted by atomic mass is 10.1. The molecule has 23 heavy (non-hydrogen) atoms. The number of hydrogen-bond donors (Lipinski definition) is 2. The van der Waals surface area contributed by atoms with Crippen LogP contribution in [0.4, 0.5) is 0 Å². The third kappa shape index (κ3) is 4.47. The summed E-state index contributed by atoms with van der Waals surface area (Å²) in [4.78, 5) is 0. The number of hydrogen-bond acceptors (Lipinski definition) is 3. The maximum atomic E-state index is 5.75. The topological polar surface area (TPSA) is 46.4 Å². The maximum absolute atomic E-state index is 5.75. The molecule has 0 fully saturated rings. The lowest BCUT2D eigenvalue weighted by Gasteiger charge is -2.11. The summed E-state index contributed by atoms with van der Waals surface area (Å²) in [5.41, 5.74) is 0. The summed E-state index contributed by atoms with van der Waals surface area (Å²) in [6, 6.07) is 18.1. The van der Waals surface area contributed by atoms with Crippen LogP contribution in [-0.2, 0) is 6.54 Å². The first-order valence-electron chi connectivity index (χ1n) is 7.47. The van der Waals surface area contributed by atoms with E-state index in [4.69, 9.17) is 21.4 Å². The van der Waals surface area contributed by atoms with E-state index in [2.05, 4.69) is 28.8 Å². The summed E-state index contributed by atoms with van der Waals surface area (Å²) >= 11 is 5.20. The predicted molar refractivity (Wildman–Crippen MR) is 95.6 cm³/mol. The first kappa shape index (κ1) is 15.4. The molecule has 118 valence electrons. The molecule has 0 saturated carbocycles. The molecule has 5 heteroatoms. The second kappa shape index (κ2) is 7.65. The van der Waals surface area contributed by atoms with Crippen LogP contribution in [0.5, 0.6) is 5.75 Å². The van der Waals surface area contributed by atoms with E-state index in [1.165, 1.54) is 10.8 Å². The molecule has 0 saturated heterocycles. The van der Waals surface area contributed by atoms with Crippen LogP contribution >= 0.6 is 12.2 Å². The minimum Gasteiger partial charge on any atom is -0.492 e. The smallest absolute Gasteiger partial charge is 0.166 e. The standard InChI is InChI=1S/C18H18N2O2S/c23-18(20-13-17-6-3-10-21-17)19-9-11-22-16-8-7-14-4-1-2-5-15(14)12-16/h1-8,10,12H,9,11,13H2,(H2,19,20,23). The number of furan rings is 1. The Labute approximate surface area is 140 Å². The first-order valence-corrected chi connectivity index (χ1v) is 7.88. The fraction of sp³-hybridized carbons (Fsp3) is 0.167. The van der Waals surface area contributed by atoms with Gasteiger partial charge in [0.1, 0.15) is 18.1 Å². The van der Waals surface area contributed by atoms with E-state index in [0.29, 0.717) is 24.8 Å².